The first kappa shape index (κ1) is 23.9. The molecule has 2 aliphatic rings. The van der Waals surface area contributed by atoms with Gasteiger partial charge in [-0.2, -0.15) is 0 Å². The van der Waals surface area contributed by atoms with Crippen molar-refractivity contribution in [2.45, 2.75) is 39.3 Å². The van der Waals surface area contributed by atoms with Crippen LogP contribution in [0.3, 0.4) is 0 Å². The Bertz CT molecular complexity index is 1660. The molecule has 1 saturated heterocycles. The van der Waals surface area contributed by atoms with Gasteiger partial charge in [0.1, 0.15) is 17.6 Å². The molecular formula is C29H23BrN2O4S. The number of aryl methyl sites for hydroxylation is 2. The Kier molecular flexibility index (Phi) is 5.69. The van der Waals surface area contributed by atoms with Crippen molar-refractivity contribution in [3.05, 3.63) is 92.5 Å². The molecule has 1 fully saturated rings. The van der Waals surface area contributed by atoms with Gasteiger partial charge in [0, 0.05) is 16.5 Å². The summed E-state index contributed by atoms with van der Waals surface area (Å²) in [4.78, 5) is 33.3. The van der Waals surface area contributed by atoms with Crippen LogP contribution in [-0.4, -0.2) is 27.9 Å². The molecule has 6 rings (SSSR count). The van der Waals surface area contributed by atoms with Gasteiger partial charge < -0.3 is 9.84 Å². The number of amides is 1. The smallest absolute Gasteiger partial charge is 0.301 e. The molecule has 0 aliphatic carbocycles. The van der Waals surface area contributed by atoms with Crippen LogP contribution in [0.25, 0.3) is 16.0 Å². The molecule has 0 spiro atoms. The number of ketones is 1. The minimum absolute atomic E-state index is 0.0437. The zero-order valence-electron chi connectivity index (χ0n) is 20.4. The van der Waals surface area contributed by atoms with E-state index in [0.29, 0.717) is 22.7 Å². The molecule has 1 amide bonds. The summed E-state index contributed by atoms with van der Waals surface area (Å²) in [6, 6.07) is 16.0. The maximum atomic E-state index is 13.5. The number of ether oxygens (including phenoxy) is 1. The summed E-state index contributed by atoms with van der Waals surface area (Å²) in [7, 11) is 0. The van der Waals surface area contributed by atoms with Crippen molar-refractivity contribution < 1.29 is 19.4 Å². The molecule has 6 nitrogen and oxygen atoms in total. The molecule has 0 radical (unpaired) electrons. The van der Waals surface area contributed by atoms with Gasteiger partial charge in [0.05, 0.1) is 21.8 Å². The predicted octanol–water partition coefficient (Wildman–Crippen LogP) is 6.63. The highest BCUT2D eigenvalue weighted by molar-refractivity contribution is 9.10. The second-order valence-corrected chi connectivity index (χ2v) is 11.5. The molecule has 0 unspecified atom stereocenters. The largest absolute Gasteiger partial charge is 0.507 e. The van der Waals surface area contributed by atoms with Crippen molar-refractivity contribution in [1.82, 2.24) is 4.98 Å². The quantitative estimate of drug-likeness (QED) is 0.169. The summed E-state index contributed by atoms with van der Waals surface area (Å²) in [5.41, 5.74) is 5.08. The maximum Gasteiger partial charge on any atom is 0.301 e. The molecule has 0 bridgehead atoms. The van der Waals surface area contributed by atoms with Crippen molar-refractivity contribution in [2.24, 2.45) is 0 Å². The number of nitrogens with zero attached hydrogens (tertiary/aromatic N) is 2. The number of thiazole rings is 1. The van der Waals surface area contributed by atoms with Crippen LogP contribution in [0.2, 0.25) is 0 Å². The van der Waals surface area contributed by atoms with Gasteiger partial charge in [-0.15, -0.1) is 0 Å². The van der Waals surface area contributed by atoms with Crippen LogP contribution >= 0.6 is 27.3 Å². The number of aliphatic hydroxyl groups excluding tert-OH is 1. The summed E-state index contributed by atoms with van der Waals surface area (Å²) in [6.45, 7) is 5.98. The lowest BCUT2D eigenvalue weighted by atomic mass is 9.94. The molecule has 2 aliphatic heterocycles. The zero-order valence-corrected chi connectivity index (χ0v) is 22.8. The average Bonchev–Trinajstić information content (AvgIpc) is 3.51. The SMILES string of the molecule is Cc1cc(C)c2nc(N3C(=O)C(=O)/C(=C(/O)c4ccc5c(c4)C[C@H](C)O5)[C@H]3c3cccc(Br)c3)sc2c1. The maximum absolute atomic E-state index is 13.5. The predicted molar refractivity (Wildman–Crippen MR) is 148 cm³/mol. The lowest BCUT2D eigenvalue weighted by Crippen LogP contribution is -2.29. The number of Topliss-reactive ketones (excluding diaryl/α,β-unsaturated/α-hetero) is 1. The van der Waals surface area contributed by atoms with Crippen LogP contribution in [-0.2, 0) is 16.0 Å². The van der Waals surface area contributed by atoms with Crippen LogP contribution < -0.4 is 9.64 Å². The average molecular weight is 575 g/mol. The van der Waals surface area contributed by atoms with Gasteiger partial charge in [0.15, 0.2) is 5.13 Å². The highest BCUT2D eigenvalue weighted by Crippen LogP contribution is 2.45. The standard InChI is InChI=1S/C29H23BrN2O4S/c1-14-9-15(2)24-22(10-14)37-29(31-24)32-25(17-5-4-6-20(30)13-17)23(27(34)28(32)35)26(33)18-7-8-21-19(12-18)11-16(3)36-21/h4-10,12-13,16,25,33H,11H2,1-3H3/b26-23+/t16-,25+/m0/s1. The number of aromatic nitrogens is 1. The summed E-state index contributed by atoms with van der Waals surface area (Å²) in [6.07, 6.45) is 0.760. The van der Waals surface area contributed by atoms with Crippen molar-refractivity contribution in [3.63, 3.8) is 0 Å². The fraction of sp³-hybridized carbons (Fsp3) is 0.207. The van der Waals surface area contributed by atoms with E-state index in [0.717, 1.165) is 37.1 Å². The molecule has 0 saturated carbocycles. The van der Waals surface area contributed by atoms with Crippen LogP contribution in [0.5, 0.6) is 5.75 Å². The second kappa shape index (κ2) is 8.82. The fourth-order valence-corrected chi connectivity index (χ4v) is 6.79. The van der Waals surface area contributed by atoms with E-state index in [1.165, 1.54) is 16.2 Å². The number of fused-ring (bicyclic) bond motifs is 2. The number of hydrogen-bond donors (Lipinski definition) is 1. The molecule has 3 aromatic carbocycles. The molecule has 37 heavy (non-hydrogen) atoms. The molecule has 8 heteroatoms. The Morgan fingerprint density at radius 3 is 2.73 bits per heavy atom. The van der Waals surface area contributed by atoms with Gasteiger partial charge in [-0.05, 0) is 79.4 Å². The number of rotatable bonds is 3. The number of anilines is 1. The van der Waals surface area contributed by atoms with Gasteiger partial charge in [-0.3, -0.25) is 14.5 Å². The van der Waals surface area contributed by atoms with Gasteiger partial charge in [-0.1, -0.05) is 45.5 Å². The van der Waals surface area contributed by atoms with E-state index in [1.54, 1.807) is 12.1 Å². The number of carbonyl (C=O) groups excluding carboxylic acids is 2. The van der Waals surface area contributed by atoms with Crippen LogP contribution in [0.15, 0.2) is 64.6 Å². The van der Waals surface area contributed by atoms with Crippen LogP contribution in [0, 0.1) is 13.8 Å². The monoisotopic (exact) mass is 574 g/mol. The van der Waals surface area contributed by atoms with Crippen molar-refractivity contribution in [3.8, 4) is 5.75 Å². The lowest BCUT2D eigenvalue weighted by molar-refractivity contribution is -0.132. The van der Waals surface area contributed by atoms with Gasteiger partial charge in [0.25, 0.3) is 5.78 Å². The van der Waals surface area contributed by atoms with Crippen LogP contribution in [0.1, 0.15) is 40.8 Å². The third-order valence-electron chi connectivity index (χ3n) is 6.80. The third-order valence-corrected chi connectivity index (χ3v) is 8.30. The van der Waals surface area contributed by atoms with Gasteiger partial charge in [-0.25, -0.2) is 4.98 Å². The minimum atomic E-state index is -0.831. The number of benzene rings is 3. The number of halogens is 1. The van der Waals surface area contributed by atoms with E-state index in [-0.39, 0.29) is 17.4 Å². The number of hydrogen-bond acceptors (Lipinski definition) is 6. The topological polar surface area (TPSA) is 79.7 Å². The number of aliphatic hydroxyl groups is 1. The first-order valence-electron chi connectivity index (χ1n) is 12.0. The van der Waals surface area contributed by atoms with Crippen molar-refractivity contribution in [2.75, 3.05) is 4.90 Å². The zero-order chi connectivity index (χ0) is 26.0. The van der Waals surface area contributed by atoms with E-state index >= 15 is 0 Å². The molecule has 3 heterocycles. The van der Waals surface area contributed by atoms with Crippen molar-refractivity contribution >= 4 is 60.1 Å². The Morgan fingerprint density at radius 1 is 1.14 bits per heavy atom. The Morgan fingerprint density at radius 2 is 1.95 bits per heavy atom. The molecule has 4 aromatic rings. The van der Waals surface area contributed by atoms with Crippen molar-refractivity contribution in [1.29, 1.82) is 0 Å². The Balaban J connectivity index is 1.55. The summed E-state index contributed by atoms with van der Waals surface area (Å²) in [5.74, 6) is -0.882. The van der Waals surface area contributed by atoms with E-state index in [9.17, 15) is 14.7 Å². The highest BCUT2D eigenvalue weighted by Gasteiger charge is 2.48. The van der Waals surface area contributed by atoms with Crippen LogP contribution in [0.4, 0.5) is 5.13 Å². The second-order valence-electron chi connectivity index (χ2n) is 9.60. The Hall–Kier alpha value is -3.49. The first-order chi connectivity index (χ1) is 17.7. The third kappa shape index (κ3) is 3.95. The van der Waals surface area contributed by atoms with E-state index in [4.69, 9.17) is 9.72 Å². The molecule has 186 valence electrons. The lowest BCUT2D eigenvalue weighted by Gasteiger charge is -2.23. The minimum Gasteiger partial charge on any atom is -0.507 e. The molecule has 2 atom stereocenters. The van der Waals surface area contributed by atoms with Gasteiger partial charge >= 0.3 is 5.91 Å². The number of carbonyl (C=O) groups is 2. The fourth-order valence-electron chi connectivity index (χ4n) is 5.21. The normalized spacial score (nSPS) is 20.5. The Labute approximate surface area is 226 Å². The molecule has 1 N–H and O–H groups in total. The van der Waals surface area contributed by atoms with E-state index in [2.05, 4.69) is 15.9 Å². The molecular weight excluding hydrogens is 552 g/mol. The summed E-state index contributed by atoms with van der Waals surface area (Å²) >= 11 is 4.88. The summed E-state index contributed by atoms with van der Waals surface area (Å²) < 4.78 is 7.53. The van der Waals surface area contributed by atoms with E-state index in [1.807, 2.05) is 63.2 Å². The first-order valence-corrected chi connectivity index (χ1v) is 13.6. The van der Waals surface area contributed by atoms with E-state index < -0.39 is 17.7 Å². The highest BCUT2D eigenvalue weighted by atomic mass is 79.9. The molecule has 1 aromatic heterocycles. The van der Waals surface area contributed by atoms with Gasteiger partial charge in [0.2, 0.25) is 0 Å². The summed E-state index contributed by atoms with van der Waals surface area (Å²) in [5, 5.41) is 11.9.